The van der Waals surface area contributed by atoms with E-state index in [1.807, 2.05) is 6.92 Å². The highest BCUT2D eigenvalue weighted by Gasteiger charge is 2.32. The van der Waals surface area contributed by atoms with Gasteiger partial charge in [0.15, 0.2) is 0 Å². The first-order chi connectivity index (χ1) is 9.19. The van der Waals surface area contributed by atoms with Crippen LogP contribution in [0.5, 0.6) is 0 Å². The number of nitrogens with two attached hydrogens (primary N) is 1. The molecule has 0 saturated carbocycles. The molecule has 0 amide bonds. The summed E-state index contributed by atoms with van der Waals surface area (Å²) in [5.74, 6) is 0. The third kappa shape index (κ3) is 3.35. The second kappa shape index (κ2) is 6.51. The van der Waals surface area contributed by atoms with Gasteiger partial charge in [0.25, 0.3) is 0 Å². The quantitative estimate of drug-likeness (QED) is 0.884. The van der Waals surface area contributed by atoms with Crippen molar-refractivity contribution in [2.45, 2.75) is 38.8 Å². The molecule has 1 atom stereocenters. The molecule has 1 aromatic rings. The standard InChI is InChI=1S/C16H26N2O/c1-3-19-13-16(2,12-17)18-10-6-9-14-7-4-5-8-15(14)11-18/h4-5,7-8H,3,6,9-13,17H2,1-2H3. The van der Waals surface area contributed by atoms with Crippen LogP contribution in [-0.4, -0.2) is 36.7 Å². The van der Waals surface area contributed by atoms with Crippen molar-refractivity contribution in [3.8, 4) is 0 Å². The number of nitrogens with zero attached hydrogens (tertiary/aromatic N) is 1. The lowest BCUT2D eigenvalue weighted by Crippen LogP contribution is -2.54. The highest BCUT2D eigenvalue weighted by molar-refractivity contribution is 5.28. The van der Waals surface area contributed by atoms with Crippen molar-refractivity contribution < 1.29 is 4.74 Å². The first-order valence-electron chi connectivity index (χ1n) is 7.29. The van der Waals surface area contributed by atoms with Crippen molar-refractivity contribution in [2.24, 2.45) is 5.73 Å². The number of fused-ring (bicyclic) bond motifs is 1. The van der Waals surface area contributed by atoms with E-state index in [4.69, 9.17) is 10.5 Å². The van der Waals surface area contributed by atoms with Crippen molar-refractivity contribution in [1.82, 2.24) is 4.90 Å². The van der Waals surface area contributed by atoms with Crippen LogP contribution in [0.2, 0.25) is 0 Å². The second-order valence-corrected chi connectivity index (χ2v) is 5.63. The van der Waals surface area contributed by atoms with Gasteiger partial charge in [-0.15, -0.1) is 0 Å². The Kier molecular flexibility index (Phi) is 4.97. The molecular formula is C16H26N2O. The highest BCUT2D eigenvalue weighted by atomic mass is 16.5. The van der Waals surface area contributed by atoms with Crippen molar-refractivity contribution >= 4 is 0 Å². The Labute approximate surface area is 116 Å². The summed E-state index contributed by atoms with van der Waals surface area (Å²) in [4.78, 5) is 2.49. The third-order valence-corrected chi connectivity index (χ3v) is 4.17. The van der Waals surface area contributed by atoms with Crippen LogP contribution in [0, 0.1) is 0 Å². The maximum atomic E-state index is 6.03. The summed E-state index contributed by atoms with van der Waals surface area (Å²) in [6.45, 7) is 8.43. The SMILES string of the molecule is CCOCC(C)(CN)N1CCCc2ccccc2C1. The lowest BCUT2D eigenvalue weighted by atomic mass is 10.00. The van der Waals surface area contributed by atoms with E-state index in [9.17, 15) is 0 Å². The average Bonchev–Trinajstić information content (AvgIpc) is 2.67. The van der Waals surface area contributed by atoms with E-state index in [1.165, 1.54) is 24.0 Å². The molecule has 0 aromatic heterocycles. The van der Waals surface area contributed by atoms with Crippen LogP contribution in [0.4, 0.5) is 0 Å². The van der Waals surface area contributed by atoms with Crippen molar-refractivity contribution in [1.29, 1.82) is 0 Å². The molecule has 2 N–H and O–H groups in total. The van der Waals surface area contributed by atoms with Gasteiger partial charge in [0.2, 0.25) is 0 Å². The van der Waals surface area contributed by atoms with Crippen molar-refractivity contribution in [2.75, 3.05) is 26.3 Å². The summed E-state index contributed by atoms with van der Waals surface area (Å²) in [7, 11) is 0. The fourth-order valence-electron chi connectivity index (χ4n) is 2.76. The van der Waals surface area contributed by atoms with Gasteiger partial charge in [0.1, 0.15) is 0 Å². The van der Waals surface area contributed by atoms with Crippen LogP contribution < -0.4 is 5.73 Å². The summed E-state index contributed by atoms with van der Waals surface area (Å²) in [6.07, 6.45) is 2.36. The first-order valence-corrected chi connectivity index (χ1v) is 7.29. The maximum absolute atomic E-state index is 6.03. The Morgan fingerprint density at radius 2 is 2.05 bits per heavy atom. The van der Waals surface area contributed by atoms with Crippen LogP contribution >= 0.6 is 0 Å². The minimum Gasteiger partial charge on any atom is -0.380 e. The molecular weight excluding hydrogens is 236 g/mol. The molecule has 0 aliphatic carbocycles. The molecule has 0 fully saturated rings. The van der Waals surface area contributed by atoms with E-state index in [0.717, 1.165) is 19.7 Å². The monoisotopic (exact) mass is 262 g/mol. The first kappa shape index (κ1) is 14.5. The maximum Gasteiger partial charge on any atom is 0.0660 e. The van der Waals surface area contributed by atoms with Gasteiger partial charge in [0, 0.05) is 19.7 Å². The van der Waals surface area contributed by atoms with Crippen LogP contribution in [0.25, 0.3) is 0 Å². The fourth-order valence-corrected chi connectivity index (χ4v) is 2.76. The summed E-state index contributed by atoms with van der Waals surface area (Å²) in [5.41, 5.74) is 8.89. The largest absolute Gasteiger partial charge is 0.380 e. The normalized spacial score (nSPS) is 19.5. The van der Waals surface area contributed by atoms with E-state index in [-0.39, 0.29) is 5.54 Å². The summed E-state index contributed by atoms with van der Waals surface area (Å²) < 4.78 is 5.65. The topological polar surface area (TPSA) is 38.5 Å². The molecule has 0 saturated heterocycles. The molecule has 0 spiro atoms. The van der Waals surface area contributed by atoms with Crippen LogP contribution in [0.1, 0.15) is 31.4 Å². The number of rotatable bonds is 5. The molecule has 1 unspecified atom stereocenters. The predicted molar refractivity (Wildman–Crippen MR) is 79.1 cm³/mol. The number of hydrogen-bond acceptors (Lipinski definition) is 3. The number of ether oxygens (including phenoxy) is 1. The van der Waals surface area contributed by atoms with Crippen molar-refractivity contribution in [3.05, 3.63) is 35.4 Å². The summed E-state index contributed by atoms with van der Waals surface area (Å²) in [6, 6.07) is 8.76. The summed E-state index contributed by atoms with van der Waals surface area (Å²) in [5, 5.41) is 0. The van der Waals surface area contributed by atoms with E-state index >= 15 is 0 Å². The van der Waals surface area contributed by atoms with Gasteiger partial charge in [0.05, 0.1) is 12.1 Å². The number of aryl methyl sites for hydroxylation is 1. The van der Waals surface area contributed by atoms with E-state index in [2.05, 4.69) is 36.1 Å². The Morgan fingerprint density at radius 3 is 2.74 bits per heavy atom. The van der Waals surface area contributed by atoms with Gasteiger partial charge in [-0.25, -0.2) is 0 Å². The highest BCUT2D eigenvalue weighted by Crippen LogP contribution is 2.24. The third-order valence-electron chi connectivity index (χ3n) is 4.17. The molecule has 1 heterocycles. The fraction of sp³-hybridized carbons (Fsp3) is 0.625. The Morgan fingerprint density at radius 1 is 1.32 bits per heavy atom. The molecule has 19 heavy (non-hydrogen) atoms. The lowest BCUT2D eigenvalue weighted by molar-refractivity contribution is 0.00630. The minimum atomic E-state index is -0.0620. The summed E-state index contributed by atoms with van der Waals surface area (Å²) >= 11 is 0. The van der Waals surface area contributed by atoms with E-state index in [1.54, 1.807) is 0 Å². The van der Waals surface area contributed by atoms with Crippen molar-refractivity contribution in [3.63, 3.8) is 0 Å². The van der Waals surface area contributed by atoms with Gasteiger partial charge >= 0.3 is 0 Å². The van der Waals surface area contributed by atoms with Crippen LogP contribution in [-0.2, 0) is 17.7 Å². The zero-order valence-corrected chi connectivity index (χ0v) is 12.2. The Balaban J connectivity index is 2.16. The molecule has 3 heteroatoms. The molecule has 0 bridgehead atoms. The van der Waals surface area contributed by atoms with Crippen LogP contribution in [0.15, 0.2) is 24.3 Å². The van der Waals surface area contributed by atoms with Gasteiger partial charge in [-0.1, -0.05) is 24.3 Å². The predicted octanol–water partition coefficient (Wildman–Crippen LogP) is 2.19. The second-order valence-electron chi connectivity index (χ2n) is 5.63. The molecule has 106 valence electrons. The Bertz CT molecular complexity index is 407. The zero-order valence-electron chi connectivity index (χ0n) is 12.2. The zero-order chi connectivity index (χ0) is 13.7. The van der Waals surface area contributed by atoms with Gasteiger partial charge in [-0.05, 0) is 44.4 Å². The number of benzene rings is 1. The van der Waals surface area contributed by atoms with E-state index < -0.39 is 0 Å². The molecule has 0 radical (unpaired) electrons. The van der Waals surface area contributed by atoms with Gasteiger partial charge in [-0.2, -0.15) is 0 Å². The van der Waals surface area contributed by atoms with Gasteiger partial charge < -0.3 is 10.5 Å². The van der Waals surface area contributed by atoms with E-state index in [0.29, 0.717) is 13.2 Å². The molecule has 2 rings (SSSR count). The lowest BCUT2D eigenvalue weighted by Gasteiger charge is -2.40. The average molecular weight is 262 g/mol. The number of hydrogen-bond donors (Lipinski definition) is 1. The minimum absolute atomic E-state index is 0.0620. The smallest absolute Gasteiger partial charge is 0.0660 e. The molecule has 1 aliphatic heterocycles. The Hall–Kier alpha value is -0.900. The van der Waals surface area contributed by atoms with Gasteiger partial charge in [-0.3, -0.25) is 4.90 Å². The molecule has 1 aromatic carbocycles. The molecule has 3 nitrogen and oxygen atoms in total. The van der Waals surface area contributed by atoms with Crippen LogP contribution in [0.3, 0.4) is 0 Å². The molecule has 1 aliphatic rings.